The van der Waals surface area contributed by atoms with E-state index in [9.17, 15) is 14.4 Å². The molecule has 7 nitrogen and oxygen atoms in total. The molecule has 1 heterocycles. The van der Waals surface area contributed by atoms with E-state index in [1.165, 1.54) is 26.2 Å². The van der Waals surface area contributed by atoms with Crippen LogP contribution < -0.4 is 19.9 Å². The lowest BCUT2D eigenvalue weighted by Crippen LogP contribution is -2.35. The number of nitrogens with one attached hydrogen (secondary N) is 1. The fraction of sp³-hybridized carbons (Fsp3) is 0.105. The molecule has 2 aromatic carbocycles. The van der Waals surface area contributed by atoms with E-state index in [0.717, 1.165) is 5.01 Å². The minimum Gasteiger partial charge on any atom is -0.493 e. The number of halogens is 2. The van der Waals surface area contributed by atoms with Gasteiger partial charge in [-0.05, 0) is 45.8 Å². The van der Waals surface area contributed by atoms with Gasteiger partial charge in [0, 0.05) is 11.4 Å². The van der Waals surface area contributed by atoms with E-state index in [1.807, 2.05) is 0 Å². The molecule has 0 bridgehead atoms. The van der Waals surface area contributed by atoms with Gasteiger partial charge in [-0.15, -0.1) is 0 Å². The van der Waals surface area contributed by atoms with Crippen LogP contribution in [0.3, 0.4) is 0 Å². The number of ether oxygens (including phenoxy) is 2. The molecule has 0 saturated carbocycles. The van der Waals surface area contributed by atoms with Crippen LogP contribution in [0.5, 0.6) is 11.5 Å². The zero-order valence-electron chi connectivity index (χ0n) is 14.8. The van der Waals surface area contributed by atoms with Crippen molar-refractivity contribution in [3.8, 4) is 11.5 Å². The lowest BCUT2D eigenvalue weighted by molar-refractivity contribution is -0.132. The van der Waals surface area contributed by atoms with Gasteiger partial charge in [0.25, 0.3) is 11.8 Å². The number of amides is 2. The topological polar surface area (TPSA) is 84.9 Å². The highest BCUT2D eigenvalue weighted by Crippen LogP contribution is 2.43. The standard InChI is InChI=1S/C19H14BrClN2O5/c1-10(24)28-17-14(27-2)9-11(15(20)16(17)21)8-13-18(25)22-23(19(13)26)12-6-4-3-5-7-12/h3-9H,1-2H3,(H,22,25). The molecule has 1 aliphatic heterocycles. The summed E-state index contributed by atoms with van der Waals surface area (Å²) in [6, 6.07) is 10.2. The Balaban J connectivity index is 2.03. The van der Waals surface area contributed by atoms with E-state index in [0.29, 0.717) is 15.7 Å². The van der Waals surface area contributed by atoms with Crippen LogP contribution in [0.15, 0.2) is 46.4 Å². The summed E-state index contributed by atoms with van der Waals surface area (Å²) in [7, 11) is 1.38. The number of hydrazine groups is 1. The fourth-order valence-corrected chi connectivity index (χ4v) is 3.22. The molecular weight excluding hydrogens is 452 g/mol. The monoisotopic (exact) mass is 464 g/mol. The van der Waals surface area contributed by atoms with Gasteiger partial charge in [0.05, 0.1) is 12.8 Å². The molecule has 2 amide bonds. The van der Waals surface area contributed by atoms with Gasteiger partial charge in [0.2, 0.25) is 0 Å². The van der Waals surface area contributed by atoms with Gasteiger partial charge in [0.1, 0.15) is 10.6 Å². The molecule has 1 fully saturated rings. The number of carbonyl (C=O) groups is 3. The van der Waals surface area contributed by atoms with Gasteiger partial charge in [-0.25, -0.2) is 5.01 Å². The molecule has 9 heteroatoms. The van der Waals surface area contributed by atoms with E-state index < -0.39 is 17.8 Å². The number of rotatable bonds is 4. The summed E-state index contributed by atoms with van der Waals surface area (Å²) in [6.45, 7) is 1.24. The Hall–Kier alpha value is -2.84. The zero-order valence-corrected chi connectivity index (χ0v) is 17.1. The van der Waals surface area contributed by atoms with Crippen LogP contribution in [0.4, 0.5) is 5.69 Å². The van der Waals surface area contributed by atoms with E-state index in [1.54, 1.807) is 30.3 Å². The summed E-state index contributed by atoms with van der Waals surface area (Å²) >= 11 is 9.59. The lowest BCUT2D eigenvalue weighted by atomic mass is 10.1. The van der Waals surface area contributed by atoms with Gasteiger partial charge in [-0.2, -0.15) is 0 Å². The summed E-state index contributed by atoms with van der Waals surface area (Å²) in [4.78, 5) is 36.4. The van der Waals surface area contributed by atoms with Crippen LogP contribution in [0.1, 0.15) is 12.5 Å². The van der Waals surface area contributed by atoms with Crippen molar-refractivity contribution < 1.29 is 23.9 Å². The normalized spacial score (nSPS) is 15.0. The van der Waals surface area contributed by atoms with Crippen molar-refractivity contribution in [2.24, 2.45) is 0 Å². The first-order chi connectivity index (χ1) is 13.3. The molecule has 1 aliphatic rings. The van der Waals surface area contributed by atoms with Crippen molar-refractivity contribution >= 4 is 57.1 Å². The summed E-state index contributed by atoms with van der Waals surface area (Å²) in [5.74, 6) is -1.41. The van der Waals surface area contributed by atoms with Gasteiger partial charge in [-0.1, -0.05) is 29.8 Å². The summed E-state index contributed by atoms with van der Waals surface area (Å²) in [6.07, 6.45) is 1.39. The second-order valence-corrected chi connectivity index (χ2v) is 6.86. The molecule has 144 valence electrons. The number of methoxy groups -OCH3 is 1. The average Bonchev–Trinajstić information content (AvgIpc) is 2.96. The third kappa shape index (κ3) is 3.74. The molecule has 1 saturated heterocycles. The number of para-hydroxylation sites is 1. The average molecular weight is 466 g/mol. The highest BCUT2D eigenvalue weighted by atomic mass is 79.9. The number of hydrogen-bond donors (Lipinski definition) is 1. The number of anilines is 1. The van der Waals surface area contributed by atoms with Crippen molar-refractivity contribution in [2.45, 2.75) is 6.92 Å². The Morgan fingerprint density at radius 2 is 1.93 bits per heavy atom. The maximum absolute atomic E-state index is 12.7. The predicted molar refractivity (Wildman–Crippen MR) is 107 cm³/mol. The number of carbonyl (C=O) groups excluding carboxylic acids is 3. The van der Waals surface area contributed by atoms with Crippen LogP contribution >= 0.6 is 27.5 Å². The van der Waals surface area contributed by atoms with Gasteiger partial charge < -0.3 is 9.47 Å². The van der Waals surface area contributed by atoms with Crippen molar-refractivity contribution in [1.82, 2.24) is 5.43 Å². The molecule has 0 aliphatic carbocycles. The highest BCUT2D eigenvalue weighted by Gasteiger charge is 2.34. The third-order valence-electron chi connectivity index (χ3n) is 3.83. The second-order valence-electron chi connectivity index (χ2n) is 5.69. The molecule has 0 aromatic heterocycles. The lowest BCUT2D eigenvalue weighted by Gasteiger charge is -2.14. The first kappa shape index (κ1) is 19.9. The predicted octanol–water partition coefficient (Wildman–Crippen LogP) is 3.50. The first-order valence-corrected chi connectivity index (χ1v) is 9.17. The largest absolute Gasteiger partial charge is 0.493 e. The van der Waals surface area contributed by atoms with E-state index in [2.05, 4.69) is 21.4 Å². The van der Waals surface area contributed by atoms with Gasteiger partial charge in [-0.3, -0.25) is 19.8 Å². The Morgan fingerprint density at radius 1 is 1.25 bits per heavy atom. The van der Waals surface area contributed by atoms with Gasteiger partial charge >= 0.3 is 5.97 Å². The van der Waals surface area contributed by atoms with Crippen LogP contribution in [0, 0.1) is 0 Å². The van der Waals surface area contributed by atoms with Crippen molar-refractivity contribution in [3.05, 3.63) is 57.0 Å². The number of esters is 1. The van der Waals surface area contributed by atoms with Crippen molar-refractivity contribution in [1.29, 1.82) is 0 Å². The molecule has 1 N–H and O–H groups in total. The number of nitrogens with zero attached hydrogens (tertiary/aromatic N) is 1. The number of hydrogen-bond acceptors (Lipinski definition) is 5. The molecule has 0 radical (unpaired) electrons. The summed E-state index contributed by atoms with van der Waals surface area (Å²) in [5, 5.41) is 1.24. The molecule has 0 spiro atoms. The minimum atomic E-state index is -0.568. The minimum absolute atomic E-state index is 0.0406. The Kier molecular flexibility index (Phi) is 5.71. The maximum atomic E-state index is 12.7. The maximum Gasteiger partial charge on any atom is 0.308 e. The van der Waals surface area contributed by atoms with Crippen molar-refractivity contribution in [2.75, 3.05) is 12.1 Å². The third-order valence-corrected chi connectivity index (χ3v) is 5.27. The van der Waals surface area contributed by atoms with Crippen molar-refractivity contribution in [3.63, 3.8) is 0 Å². The molecule has 0 atom stereocenters. The smallest absolute Gasteiger partial charge is 0.308 e. The molecule has 28 heavy (non-hydrogen) atoms. The zero-order chi connectivity index (χ0) is 20.4. The Labute approximate surface area is 174 Å². The van der Waals surface area contributed by atoms with E-state index in [4.69, 9.17) is 21.1 Å². The molecule has 0 unspecified atom stereocenters. The first-order valence-electron chi connectivity index (χ1n) is 8.00. The Bertz CT molecular complexity index is 1010. The summed E-state index contributed by atoms with van der Waals surface area (Å²) < 4.78 is 10.7. The highest BCUT2D eigenvalue weighted by molar-refractivity contribution is 9.10. The second kappa shape index (κ2) is 8.04. The molecule has 2 aromatic rings. The Morgan fingerprint density at radius 3 is 2.54 bits per heavy atom. The van der Waals surface area contributed by atoms with E-state index in [-0.39, 0.29) is 22.1 Å². The van der Waals surface area contributed by atoms with Gasteiger partial charge in [0.15, 0.2) is 11.5 Å². The van der Waals surface area contributed by atoms with E-state index >= 15 is 0 Å². The van der Waals surface area contributed by atoms with Crippen LogP contribution in [0.25, 0.3) is 6.08 Å². The number of benzene rings is 2. The summed E-state index contributed by atoms with van der Waals surface area (Å²) in [5.41, 5.74) is 3.38. The molecular formula is C19H14BrClN2O5. The quantitative estimate of drug-likeness (QED) is 0.323. The van der Waals surface area contributed by atoms with Crippen LogP contribution in [-0.4, -0.2) is 24.9 Å². The van der Waals surface area contributed by atoms with Crippen LogP contribution in [0.2, 0.25) is 5.02 Å². The van der Waals surface area contributed by atoms with Crippen LogP contribution in [-0.2, 0) is 14.4 Å². The fourth-order valence-electron chi connectivity index (χ4n) is 2.57. The molecule has 3 rings (SSSR count). The SMILES string of the molecule is COc1cc(C=C2C(=O)NN(c3ccccc3)C2=O)c(Br)c(Cl)c1OC(C)=O.